The van der Waals surface area contributed by atoms with Gasteiger partial charge in [0.1, 0.15) is 22.6 Å². The van der Waals surface area contributed by atoms with E-state index in [0.717, 1.165) is 11.3 Å². The van der Waals surface area contributed by atoms with Gasteiger partial charge in [0, 0.05) is 22.9 Å². The lowest BCUT2D eigenvalue weighted by molar-refractivity contribution is -0.384. The summed E-state index contributed by atoms with van der Waals surface area (Å²) in [6, 6.07) is 20.3. The number of fused-ring (bicyclic) bond motifs is 1. The largest absolute Gasteiger partial charge is 0.456 e. The molecule has 3 aromatic carbocycles. The quantitative estimate of drug-likeness (QED) is 0.169. The fourth-order valence-electron chi connectivity index (χ4n) is 3.65. The lowest BCUT2D eigenvalue weighted by Crippen LogP contribution is -2.08. The van der Waals surface area contributed by atoms with E-state index in [-0.39, 0.29) is 11.6 Å². The topological polar surface area (TPSA) is 116 Å². The number of carbonyl (C=O) groups excluding carboxylic acids is 1. The highest BCUT2D eigenvalue weighted by atomic mass is 35.5. The maximum atomic E-state index is 12.6. The molecular formula is C26H18ClN5O4. The highest BCUT2D eigenvalue weighted by Crippen LogP contribution is 2.31. The third-order valence-corrected chi connectivity index (χ3v) is 5.69. The Hall–Kier alpha value is -4.76. The average Bonchev–Trinajstić information content (AvgIpc) is 3.50. The molecule has 2 heterocycles. The van der Waals surface area contributed by atoms with Gasteiger partial charge >= 0.3 is 0 Å². The first-order valence-corrected chi connectivity index (χ1v) is 11.2. The second kappa shape index (κ2) is 9.47. The molecule has 0 aliphatic carbocycles. The molecule has 5 aromatic rings. The summed E-state index contributed by atoms with van der Waals surface area (Å²) in [4.78, 5) is 24.9. The van der Waals surface area contributed by atoms with Crippen molar-refractivity contribution in [2.45, 2.75) is 6.92 Å². The van der Waals surface area contributed by atoms with Gasteiger partial charge in [-0.2, -0.15) is 4.80 Å². The number of hydrogen-bond donors (Lipinski definition) is 1. The zero-order chi connectivity index (χ0) is 25.2. The van der Waals surface area contributed by atoms with Crippen molar-refractivity contribution in [3.05, 3.63) is 105 Å². The molecule has 1 N–H and O–H groups in total. The fourth-order valence-corrected chi connectivity index (χ4v) is 3.78. The number of nitro benzene ring substituents is 1. The van der Waals surface area contributed by atoms with Gasteiger partial charge in [-0.05, 0) is 73.2 Å². The smallest absolute Gasteiger partial charge is 0.280 e. The number of aryl methyl sites for hydroxylation is 1. The minimum Gasteiger partial charge on any atom is -0.456 e. The first-order chi connectivity index (χ1) is 17.4. The van der Waals surface area contributed by atoms with Crippen molar-refractivity contribution in [1.82, 2.24) is 15.0 Å². The maximum absolute atomic E-state index is 12.6. The van der Waals surface area contributed by atoms with Gasteiger partial charge in [0.05, 0.1) is 16.2 Å². The molecule has 0 spiro atoms. The molecule has 2 aromatic heterocycles. The van der Waals surface area contributed by atoms with Crippen LogP contribution in [-0.4, -0.2) is 25.8 Å². The Morgan fingerprint density at radius 2 is 1.78 bits per heavy atom. The van der Waals surface area contributed by atoms with Gasteiger partial charge in [-0.25, -0.2) is 0 Å². The number of nitrogens with zero attached hydrogens (tertiary/aromatic N) is 4. The van der Waals surface area contributed by atoms with Crippen molar-refractivity contribution in [1.29, 1.82) is 0 Å². The number of nitrogens with one attached hydrogen (secondary N) is 1. The maximum Gasteiger partial charge on any atom is 0.280 e. The Morgan fingerprint density at radius 1 is 1.06 bits per heavy atom. The molecule has 1 amide bonds. The molecule has 0 aliphatic heterocycles. The Balaban J connectivity index is 1.32. The van der Waals surface area contributed by atoms with Crippen LogP contribution in [0.5, 0.6) is 0 Å². The monoisotopic (exact) mass is 499 g/mol. The average molecular weight is 500 g/mol. The van der Waals surface area contributed by atoms with Crippen molar-refractivity contribution >= 4 is 46.0 Å². The number of amides is 1. The summed E-state index contributed by atoms with van der Waals surface area (Å²) in [6.45, 7) is 1.87. The molecule has 36 heavy (non-hydrogen) atoms. The van der Waals surface area contributed by atoms with Crippen LogP contribution in [0.1, 0.15) is 11.3 Å². The van der Waals surface area contributed by atoms with Crippen LogP contribution in [0.4, 0.5) is 11.4 Å². The molecule has 0 bridgehead atoms. The van der Waals surface area contributed by atoms with Crippen molar-refractivity contribution < 1.29 is 14.1 Å². The van der Waals surface area contributed by atoms with Crippen LogP contribution in [-0.2, 0) is 4.79 Å². The molecule has 0 atom stereocenters. The number of anilines is 1. The first-order valence-electron chi connectivity index (χ1n) is 10.8. The number of furan rings is 1. The van der Waals surface area contributed by atoms with Crippen molar-refractivity contribution in [3.63, 3.8) is 0 Å². The van der Waals surface area contributed by atoms with Gasteiger partial charge in [-0.3, -0.25) is 14.9 Å². The molecule has 178 valence electrons. The zero-order valence-electron chi connectivity index (χ0n) is 18.9. The number of rotatable bonds is 6. The van der Waals surface area contributed by atoms with Gasteiger partial charge in [-0.1, -0.05) is 23.7 Å². The normalized spacial score (nSPS) is 11.3. The predicted molar refractivity (Wildman–Crippen MR) is 137 cm³/mol. The molecule has 0 saturated carbocycles. The Kier molecular flexibility index (Phi) is 6.05. The van der Waals surface area contributed by atoms with Crippen LogP contribution >= 0.6 is 11.6 Å². The number of aromatic nitrogens is 3. The highest BCUT2D eigenvalue weighted by Gasteiger charge is 2.17. The van der Waals surface area contributed by atoms with E-state index in [9.17, 15) is 14.9 Å². The van der Waals surface area contributed by atoms with Gasteiger partial charge in [0.25, 0.3) is 5.69 Å². The Morgan fingerprint density at radius 3 is 2.53 bits per heavy atom. The third-order valence-electron chi connectivity index (χ3n) is 5.43. The van der Waals surface area contributed by atoms with E-state index < -0.39 is 4.92 Å². The zero-order valence-corrected chi connectivity index (χ0v) is 19.6. The minimum absolute atomic E-state index is 0.0565. The lowest BCUT2D eigenvalue weighted by atomic mass is 10.1. The molecule has 0 fully saturated rings. The van der Waals surface area contributed by atoms with E-state index >= 15 is 0 Å². The third kappa shape index (κ3) is 4.73. The number of nitro groups is 1. The van der Waals surface area contributed by atoms with Crippen LogP contribution in [0.3, 0.4) is 0 Å². The number of halogens is 1. The van der Waals surface area contributed by atoms with Crippen LogP contribution < -0.4 is 5.32 Å². The molecule has 0 aliphatic rings. The summed E-state index contributed by atoms with van der Waals surface area (Å²) >= 11 is 5.95. The number of para-hydroxylation sites is 1. The Labute approximate surface area is 209 Å². The lowest BCUT2D eigenvalue weighted by Gasteiger charge is -2.05. The number of hydrogen-bond acceptors (Lipinski definition) is 6. The van der Waals surface area contributed by atoms with Crippen molar-refractivity contribution in [2.75, 3.05) is 5.32 Å². The van der Waals surface area contributed by atoms with E-state index in [1.165, 1.54) is 23.0 Å². The van der Waals surface area contributed by atoms with Crippen LogP contribution in [0.25, 0.3) is 34.1 Å². The molecule has 0 saturated heterocycles. The predicted octanol–water partition coefficient (Wildman–Crippen LogP) is 6.20. The van der Waals surface area contributed by atoms with E-state index in [1.807, 2.05) is 25.1 Å². The summed E-state index contributed by atoms with van der Waals surface area (Å²) in [6.07, 6.45) is 2.83. The van der Waals surface area contributed by atoms with Gasteiger partial charge in [0.2, 0.25) is 5.91 Å². The second-order valence-corrected chi connectivity index (χ2v) is 8.36. The van der Waals surface area contributed by atoms with Gasteiger partial charge in [0.15, 0.2) is 0 Å². The summed E-state index contributed by atoms with van der Waals surface area (Å²) in [5.41, 5.74) is 3.80. The number of benzene rings is 3. The fraction of sp³-hybridized carbons (Fsp3) is 0.0385. The molecule has 5 rings (SSSR count). The summed E-state index contributed by atoms with van der Waals surface area (Å²) < 4.78 is 5.69. The van der Waals surface area contributed by atoms with Gasteiger partial charge < -0.3 is 9.73 Å². The van der Waals surface area contributed by atoms with E-state index in [1.54, 1.807) is 48.5 Å². The first kappa shape index (κ1) is 23.0. The van der Waals surface area contributed by atoms with E-state index in [4.69, 9.17) is 16.0 Å². The van der Waals surface area contributed by atoms with Gasteiger partial charge in [-0.15, -0.1) is 10.2 Å². The summed E-state index contributed by atoms with van der Waals surface area (Å²) in [7, 11) is 0. The molecular weight excluding hydrogens is 482 g/mol. The number of carbonyl (C=O) groups is 1. The van der Waals surface area contributed by atoms with Crippen molar-refractivity contribution in [2.24, 2.45) is 0 Å². The van der Waals surface area contributed by atoms with Crippen LogP contribution in [0.15, 0.2) is 83.3 Å². The SMILES string of the molecule is Cc1cc2nn(-c3ccc(Cl)cc3)nc2cc1NC(=O)/C=C/c1ccc(-c2ccccc2[N+](=O)[O-])o1. The summed E-state index contributed by atoms with van der Waals surface area (Å²) in [5.74, 6) is 0.356. The van der Waals surface area contributed by atoms with Crippen LogP contribution in [0, 0.1) is 17.0 Å². The summed E-state index contributed by atoms with van der Waals surface area (Å²) in [5, 5.41) is 23.7. The van der Waals surface area contributed by atoms with Crippen molar-refractivity contribution in [3.8, 4) is 17.0 Å². The minimum atomic E-state index is -0.464. The highest BCUT2D eigenvalue weighted by molar-refractivity contribution is 6.30. The molecule has 9 nitrogen and oxygen atoms in total. The standard InChI is InChI=1S/C26H18ClN5O4/c1-16-14-22-23(30-31(29-22)18-8-6-17(27)7-9-18)15-21(16)28-26(33)13-11-19-10-12-25(36-19)20-4-2-3-5-24(20)32(34)35/h2-15H,1H3,(H,28,33)/b13-11+. The van der Waals surface area contributed by atoms with E-state index in [0.29, 0.717) is 38.8 Å². The molecule has 10 heteroatoms. The van der Waals surface area contributed by atoms with E-state index in [2.05, 4.69) is 15.5 Å². The second-order valence-electron chi connectivity index (χ2n) is 7.92. The van der Waals surface area contributed by atoms with Crippen LogP contribution in [0.2, 0.25) is 5.02 Å². The molecule has 0 radical (unpaired) electrons. The Bertz CT molecular complexity index is 1640. The molecule has 0 unspecified atom stereocenters.